The van der Waals surface area contributed by atoms with Gasteiger partial charge < -0.3 is 0 Å². The number of aliphatic imine (C=N–C) groups is 2. The topological polar surface area (TPSA) is 24.7 Å². The summed E-state index contributed by atoms with van der Waals surface area (Å²) in [5, 5.41) is 0. The summed E-state index contributed by atoms with van der Waals surface area (Å²) in [5.41, 5.74) is 3.65. The van der Waals surface area contributed by atoms with E-state index >= 15 is 0 Å². The Morgan fingerprint density at radius 1 is 0.565 bits per heavy atom. The number of hydrogen-bond acceptors (Lipinski definition) is 2. The second-order valence-electron chi connectivity index (χ2n) is 5.00. The Balaban J connectivity index is 1.67. The van der Waals surface area contributed by atoms with Crippen molar-refractivity contribution in [2.75, 3.05) is 0 Å². The zero-order valence-corrected chi connectivity index (χ0v) is 12.4. The Kier molecular flexibility index (Phi) is 4.69. The first kappa shape index (κ1) is 14.9. The lowest BCUT2D eigenvalue weighted by molar-refractivity contribution is 0.628. The summed E-state index contributed by atoms with van der Waals surface area (Å²) in [6, 6.07) is 23.8. The molecule has 0 radical (unpaired) electrons. The fourth-order valence-corrected chi connectivity index (χ4v) is 2.01. The lowest BCUT2D eigenvalue weighted by atomic mass is 10.1. The lowest BCUT2D eigenvalue weighted by Gasteiger charge is -1.97. The van der Waals surface area contributed by atoms with Gasteiger partial charge in [-0.15, -0.1) is 0 Å². The van der Waals surface area contributed by atoms with Crippen molar-refractivity contribution in [3.05, 3.63) is 95.8 Å². The molecule has 0 heterocycles. The van der Waals surface area contributed by atoms with Crippen molar-refractivity contribution < 1.29 is 4.39 Å². The molecule has 0 bridgehead atoms. The molecule has 0 saturated carbocycles. The molecule has 3 aromatic rings. The van der Waals surface area contributed by atoms with E-state index in [1.165, 1.54) is 12.1 Å². The Morgan fingerprint density at radius 2 is 1.04 bits per heavy atom. The molecule has 0 unspecified atom stereocenters. The average molecular weight is 302 g/mol. The normalized spacial score (nSPS) is 11.3. The van der Waals surface area contributed by atoms with Gasteiger partial charge in [0.15, 0.2) is 0 Å². The third kappa shape index (κ3) is 4.45. The smallest absolute Gasteiger partial charge is 0.123 e. The molecule has 0 aliphatic heterocycles. The highest BCUT2D eigenvalue weighted by atomic mass is 19.1. The molecule has 0 aromatic heterocycles. The largest absolute Gasteiger partial charge is 0.256 e. The van der Waals surface area contributed by atoms with Crippen molar-refractivity contribution in [2.24, 2.45) is 9.98 Å². The van der Waals surface area contributed by atoms with E-state index in [9.17, 15) is 4.39 Å². The molecule has 0 amide bonds. The van der Waals surface area contributed by atoms with Crippen LogP contribution in [0.3, 0.4) is 0 Å². The van der Waals surface area contributed by atoms with E-state index in [0.717, 1.165) is 22.5 Å². The highest BCUT2D eigenvalue weighted by Gasteiger charge is 1.92. The Bertz CT molecular complexity index is 805. The maximum atomic E-state index is 12.8. The van der Waals surface area contributed by atoms with Crippen molar-refractivity contribution >= 4 is 23.8 Å². The SMILES string of the molecule is Fc1ccc(N=Cc2ccc(C=Nc3ccccc3)cc2)cc1. The molecule has 0 aliphatic rings. The molecule has 3 heteroatoms. The van der Waals surface area contributed by atoms with Gasteiger partial charge in [-0.3, -0.25) is 9.98 Å². The number of nitrogens with zero attached hydrogens (tertiary/aromatic N) is 2. The van der Waals surface area contributed by atoms with Crippen LogP contribution in [0.25, 0.3) is 0 Å². The van der Waals surface area contributed by atoms with Gasteiger partial charge in [-0.25, -0.2) is 4.39 Å². The first-order valence-corrected chi connectivity index (χ1v) is 7.28. The van der Waals surface area contributed by atoms with Gasteiger partial charge in [0.2, 0.25) is 0 Å². The van der Waals surface area contributed by atoms with Gasteiger partial charge in [-0.2, -0.15) is 0 Å². The van der Waals surface area contributed by atoms with E-state index in [4.69, 9.17) is 0 Å². The van der Waals surface area contributed by atoms with Crippen LogP contribution in [0.15, 0.2) is 88.8 Å². The summed E-state index contributed by atoms with van der Waals surface area (Å²) >= 11 is 0. The minimum Gasteiger partial charge on any atom is -0.256 e. The molecular weight excluding hydrogens is 287 g/mol. The summed E-state index contributed by atoms with van der Waals surface area (Å²) < 4.78 is 12.8. The molecule has 23 heavy (non-hydrogen) atoms. The van der Waals surface area contributed by atoms with Gasteiger partial charge in [-0.05, 0) is 47.5 Å². The second-order valence-corrected chi connectivity index (χ2v) is 5.00. The first-order valence-electron chi connectivity index (χ1n) is 7.28. The fraction of sp³-hybridized carbons (Fsp3) is 0. The van der Waals surface area contributed by atoms with Gasteiger partial charge in [0.05, 0.1) is 11.4 Å². The molecule has 0 fully saturated rings. The number of benzene rings is 3. The van der Waals surface area contributed by atoms with Crippen LogP contribution in [-0.4, -0.2) is 12.4 Å². The predicted octanol–water partition coefficient (Wildman–Crippen LogP) is 5.33. The van der Waals surface area contributed by atoms with E-state index in [1.807, 2.05) is 60.8 Å². The molecule has 0 N–H and O–H groups in total. The Labute approximate surface area is 134 Å². The third-order valence-electron chi connectivity index (χ3n) is 3.24. The summed E-state index contributed by atoms with van der Waals surface area (Å²) in [6.07, 6.45) is 3.58. The summed E-state index contributed by atoms with van der Waals surface area (Å²) in [4.78, 5) is 8.73. The predicted molar refractivity (Wildman–Crippen MR) is 93.8 cm³/mol. The highest BCUT2D eigenvalue weighted by molar-refractivity contribution is 5.86. The zero-order chi connectivity index (χ0) is 15.9. The van der Waals surface area contributed by atoms with E-state index in [0.29, 0.717) is 0 Å². The average Bonchev–Trinajstić information content (AvgIpc) is 2.61. The van der Waals surface area contributed by atoms with Crippen LogP contribution in [0.2, 0.25) is 0 Å². The summed E-state index contributed by atoms with van der Waals surface area (Å²) in [6.45, 7) is 0. The van der Waals surface area contributed by atoms with Gasteiger partial charge in [0.25, 0.3) is 0 Å². The maximum Gasteiger partial charge on any atom is 0.123 e. The standard InChI is InChI=1S/C20H15FN2/c21-18-10-12-20(13-11-18)23-15-17-8-6-16(7-9-17)14-22-19-4-2-1-3-5-19/h1-15H. The molecule has 0 aliphatic carbocycles. The molecule has 112 valence electrons. The van der Waals surface area contributed by atoms with Crippen LogP contribution in [0, 0.1) is 5.82 Å². The fourth-order valence-electron chi connectivity index (χ4n) is 2.01. The Morgan fingerprint density at radius 3 is 1.57 bits per heavy atom. The molecular formula is C20H15FN2. The minimum absolute atomic E-state index is 0.258. The molecule has 0 saturated heterocycles. The van der Waals surface area contributed by atoms with Crippen molar-refractivity contribution in [1.29, 1.82) is 0 Å². The van der Waals surface area contributed by atoms with Crippen LogP contribution in [0.1, 0.15) is 11.1 Å². The molecule has 0 atom stereocenters. The number of para-hydroxylation sites is 1. The van der Waals surface area contributed by atoms with E-state index < -0.39 is 0 Å². The zero-order valence-electron chi connectivity index (χ0n) is 12.4. The number of halogens is 1. The van der Waals surface area contributed by atoms with Crippen LogP contribution in [0.4, 0.5) is 15.8 Å². The third-order valence-corrected chi connectivity index (χ3v) is 3.24. The van der Waals surface area contributed by atoms with Crippen molar-refractivity contribution in [2.45, 2.75) is 0 Å². The van der Waals surface area contributed by atoms with Crippen molar-refractivity contribution in [3.63, 3.8) is 0 Å². The Hall–Kier alpha value is -3.07. The first-order chi connectivity index (χ1) is 11.3. The monoisotopic (exact) mass is 302 g/mol. The molecule has 2 nitrogen and oxygen atoms in total. The number of rotatable bonds is 4. The van der Waals surface area contributed by atoms with Crippen LogP contribution in [0.5, 0.6) is 0 Å². The van der Waals surface area contributed by atoms with Crippen LogP contribution >= 0.6 is 0 Å². The van der Waals surface area contributed by atoms with E-state index in [2.05, 4.69) is 9.98 Å². The van der Waals surface area contributed by atoms with E-state index in [-0.39, 0.29) is 5.82 Å². The van der Waals surface area contributed by atoms with Crippen molar-refractivity contribution in [3.8, 4) is 0 Å². The van der Waals surface area contributed by atoms with Crippen LogP contribution < -0.4 is 0 Å². The summed E-state index contributed by atoms with van der Waals surface area (Å²) in [7, 11) is 0. The van der Waals surface area contributed by atoms with Gasteiger partial charge in [0.1, 0.15) is 5.82 Å². The highest BCUT2D eigenvalue weighted by Crippen LogP contribution is 2.13. The van der Waals surface area contributed by atoms with Crippen LogP contribution in [-0.2, 0) is 0 Å². The minimum atomic E-state index is -0.258. The van der Waals surface area contributed by atoms with Gasteiger partial charge >= 0.3 is 0 Å². The summed E-state index contributed by atoms with van der Waals surface area (Å²) in [5.74, 6) is -0.258. The van der Waals surface area contributed by atoms with Gasteiger partial charge in [-0.1, -0.05) is 42.5 Å². The second kappa shape index (κ2) is 7.27. The quantitative estimate of drug-likeness (QED) is 0.582. The number of hydrogen-bond donors (Lipinski definition) is 0. The van der Waals surface area contributed by atoms with Gasteiger partial charge in [0, 0.05) is 12.4 Å². The van der Waals surface area contributed by atoms with E-state index in [1.54, 1.807) is 18.3 Å². The van der Waals surface area contributed by atoms with Crippen molar-refractivity contribution in [1.82, 2.24) is 0 Å². The molecule has 3 rings (SSSR count). The lowest BCUT2D eigenvalue weighted by Crippen LogP contribution is -1.84. The molecule has 0 spiro atoms. The molecule has 3 aromatic carbocycles. The maximum absolute atomic E-state index is 12.8.